The lowest BCUT2D eigenvalue weighted by atomic mass is 9.93. The van der Waals surface area contributed by atoms with E-state index in [4.69, 9.17) is 16.7 Å². The van der Waals surface area contributed by atoms with Crippen LogP contribution in [0.3, 0.4) is 0 Å². The summed E-state index contributed by atoms with van der Waals surface area (Å²) >= 11 is 5.98. The summed E-state index contributed by atoms with van der Waals surface area (Å²) in [4.78, 5) is 15.0. The van der Waals surface area contributed by atoms with E-state index in [1.54, 1.807) is 0 Å². The van der Waals surface area contributed by atoms with Crippen molar-refractivity contribution in [3.05, 3.63) is 34.9 Å². The summed E-state index contributed by atoms with van der Waals surface area (Å²) in [7, 11) is 0. The molecule has 1 aromatic carbocycles. The third kappa shape index (κ3) is 3.37. The molecule has 5 heteroatoms. The monoisotopic (exact) mass is 318 g/mol. The summed E-state index contributed by atoms with van der Waals surface area (Å²) in [5.74, 6) is 6.58. The molecule has 2 aliphatic heterocycles. The number of amides is 1. The van der Waals surface area contributed by atoms with E-state index in [1.807, 2.05) is 24.3 Å². The quantitative estimate of drug-likeness (QED) is 0.748. The number of hydrogen-bond acceptors (Lipinski definition) is 2. The Balaban J connectivity index is 1.71. The number of benzene rings is 1. The molecular weight excluding hydrogens is 300 g/mol. The van der Waals surface area contributed by atoms with Crippen molar-refractivity contribution in [2.45, 2.75) is 31.3 Å². The lowest BCUT2D eigenvalue weighted by molar-refractivity contribution is 0.0312. The van der Waals surface area contributed by atoms with Crippen molar-refractivity contribution in [2.24, 2.45) is 0 Å². The van der Waals surface area contributed by atoms with Crippen LogP contribution in [0.1, 0.15) is 24.8 Å². The summed E-state index contributed by atoms with van der Waals surface area (Å²) in [5.41, 5.74) is 0.929. The molecule has 116 valence electrons. The molecule has 4 nitrogen and oxygen atoms in total. The Morgan fingerprint density at radius 3 is 2.95 bits per heavy atom. The van der Waals surface area contributed by atoms with E-state index in [0.717, 1.165) is 31.4 Å². The fraction of sp³-hybridized carbons (Fsp3) is 0.471. The standard InChI is InChI=1S/C17H19ClN2O2/c18-14-4-1-3-13(11-14)7-8-15-5-2-6-16-12-19(17(21)22)9-10-20(15)16/h1,3-4,11,15-16H,2,5-6,9-10,12H2,(H,21,22)/t15-,16+/m1/s1. The first-order valence-corrected chi connectivity index (χ1v) is 8.02. The van der Waals surface area contributed by atoms with Crippen LogP contribution in [0.4, 0.5) is 4.79 Å². The van der Waals surface area contributed by atoms with E-state index in [9.17, 15) is 4.79 Å². The summed E-state index contributed by atoms with van der Waals surface area (Å²) in [6, 6.07) is 8.10. The minimum Gasteiger partial charge on any atom is -0.465 e. The Kier molecular flexibility index (Phi) is 4.56. The van der Waals surface area contributed by atoms with Crippen LogP contribution in [0.15, 0.2) is 24.3 Å². The van der Waals surface area contributed by atoms with Crippen LogP contribution in [0.2, 0.25) is 5.02 Å². The van der Waals surface area contributed by atoms with E-state index in [2.05, 4.69) is 16.7 Å². The Morgan fingerprint density at radius 1 is 1.32 bits per heavy atom. The van der Waals surface area contributed by atoms with Gasteiger partial charge >= 0.3 is 6.09 Å². The highest BCUT2D eigenvalue weighted by atomic mass is 35.5. The first-order valence-electron chi connectivity index (χ1n) is 7.64. The van der Waals surface area contributed by atoms with Crippen molar-refractivity contribution < 1.29 is 9.90 Å². The number of nitrogens with zero attached hydrogens (tertiary/aromatic N) is 2. The maximum atomic E-state index is 11.1. The van der Waals surface area contributed by atoms with Crippen LogP contribution in [0.5, 0.6) is 0 Å². The molecule has 0 unspecified atom stereocenters. The second kappa shape index (κ2) is 6.60. The molecule has 22 heavy (non-hydrogen) atoms. The van der Waals surface area contributed by atoms with Crippen molar-refractivity contribution in [3.8, 4) is 11.8 Å². The first kappa shape index (κ1) is 15.2. The highest BCUT2D eigenvalue weighted by molar-refractivity contribution is 6.30. The molecule has 0 aromatic heterocycles. The normalized spacial score (nSPS) is 25.0. The van der Waals surface area contributed by atoms with Crippen LogP contribution in [0, 0.1) is 11.8 Å². The van der Waals surface area contributed by atoms with Gasteiger partial charge in [0.15, 0.2) is 0 Å². The molecule has 1 amide bonds. The molecule has 0 aliphatic carbocycles. The number of piperidine rings is 1. The SMILES string of the molecule is O=C(O)N1CCN2[C@@H](CCC[C@@H]2C#Cc2cccc(Cl)c2)C1. The summed E-state index contributed by atoms with van der Waals surface area (Å²) in [5, 5.41) is 9.84. The molecule has 1 N–H and O–H groups in total. The van der Waals surface area contributed by atoms with Gasteiger partial charge in [-0.1, -0.05) is 29.5 Å². The molecule has 3 rings (SSSR count). The molecular formula is C17H19ClN2O2. The van der Waals surface area contributed by atoms with Crippen LogP contribution >= 0.6 is 11.6 Å². The topological polar surface area (TPSA) is 43.8 Å². The Morgan fingerprint density at radius 2 is 2.18 bits per heavy atom. The lowest BCUT2D eigenvalue weighted by Gasteiger charge is -2.46. The second-order valence-corrected chi connectivity index (χ2v) is 6.28. The van der Waals surface area contributed by atoms with Crippen molar-refractivity contribution in [2.75, 3.05) is 19.6 Å². The Bertz CT molecular complexity index is 623. The van der Waals surface area contributed by atoms with Gasteiger partial charge in [-0.25, -0.2) is 4.79 Å². The number of halogens is 1. The number of rotatable bonds is 0. The third-order valence-electron chi connectivity index (χ3n) is 4.42. The second-order valence-electron chi connectivity index (χ2n) is 5.85. The summed E-state index contributed by atoms with van der Waals surface area (Å²) in [6.07, 6.45) is 2.39. The molecule has 0 bridgehead atoms. The average Bonchev–Trinajstić information content (AvgIpc) is 2.52. The van der Waals surface area contributed by atoms with Gasteiger partial charge in [-0.15, -0.1) is 0 Å². The Labute approximate surface area is 135 Å². The van der Waals surface area contributed by atoms with Gasteiger partial charge in [0.1, 0.15) is 0 Å². The molecule has 1 aromatic rings. The number of carbonyl (C=O) groups is 1. The van der Waals surface area contributed by atoms with Gasteiger partial charge in [0.25, 0.3) is 0 Å². The van der Waals surface area contributed by atoms with Crippen molar-refractivity contribution in [3.63, 3.8) is 0 Å². The zero-order chi connectivity index (χ0) is 15.5. The minimum atomic E-state index is -0.813. The fourth-order valence-electron chi connectivity index (χ4n) is 3.31. The molecule has 2 heterocycles. The van der Waals surface area contributed by atoms with Crippen LogP contribution < -0.4 is 0 Å². The maximum Gasteiger partial charge on any atom is 0.407 e. The van der Waals surface area contributed by atoms with Gasteiger partial charge in [0.2, 0.25) is 0 Å². The smallest absolute Gasteiger partial charge is 0.407 e. The predicted octanol–water partition coefficient (Wildman–Crippen LogP) is 2.91. The maximum absolute atomic E-state index is 11.1. The highest BCUT2D eigenvalue weighted by Gasteiger charge is 2.35. The first-order chi connectivity index (χ1) is 10.6. The number of fused-ring (bicyclic) bond motifs is 1. The van der Waals surface area contributed by atoms with Crippen molar-refractivity contribution in [1.82, 2.24) is 9.80 Å². The fourth-order valence-corrected chi connectivity index (χ4v) is 3.50. The molecule has 0 saturated carbocycles. The van der Waals surface area contributed by atoms with Gasteiger partial charge in [0.05, 0.1) is 6.04 Å². The molecule has 2 atom stereocenters. The van der Waals surface area contributed by atoms with Gasteiger partial charge in [-0.05, 0) is 37.5 Å². The number of carboxylic acid groups (broad SMARTS) is 1. The van der Waals surface area contributed by atoms with Gasteiger partial charge < -0.3 is 10.0 Å². The largest absolute Gasteiger partial charge is 0.465 e. The van der Waals surface area contributed by atoms with Crippen LogP contribution in [-0.2, 0) is 0 Å². The molecule has 0 radical (unpaired) electrons. The van der Waals surface area contributed by atoms with E-state index >= 15 is 0 Å². The summed E-state index contributed by atoms with van der Waals surface area (Å²) in [6.45, 7) is 1.94. The molecule has 2 fully saturated rings. The molecule has 2 saturated heterocycles. The minimum absolute atomic E-state index is 0.216. The third-order valence-corrected chi connectivity index (χ3v) is 4.66. The predicted molar refractivity (Wildman–Crippen MR) is 86.1 cm³/mol. The summed E-state index contributed by atoms with van der Waals surface area (Å²) < 4.78 is 0. The van der Waals surface area contributed by atoms with E-state index in [1.165, 1.54) is 4.90 Å². The zero-order valence-electron chi connectivity index (χ0n) is 12.3. The van der Waals surface area contributed by atoms with E-state index < -0.39 is 6.09 Å². The van der Waals surface area contributed by atoms with Gasteiger partial charge in [-0.2, -0.15) is 0 Å². The average molecular weight is 319 g/mol. The molecule has 2 aliphatic rings. The van der Waals surface area contributed by atoms with Gasteiger partial charge in [-0.3, -0.25) is 4.90 Å². The van der Waals surface area contributed by atoms with Crippen molar-refractivity contribution in [1.29, 1.82) is 0 Å². The van der Waals surface area contributed by atoms with E-state index in [0.29, 0.717) is 24.2 Å². The van der Waals surface area contributed by atoms with Gasteiger partial charge in [0, 0.05) is 36.3 Å². The van der Waals surface area contributed by atoms with E-state index in [-0.39, 0.29) is 6.04 Å². The van der Waals surface area contributed by atoms with Crippen LogP contribution in [-0.4, -0.2) is 52.7 Å². The lowest BCUT2D eigenvalue weighted by Crippen LogP contribution is -2.58. The van der Waals surface area contributed by atoms with Crippen molar-refractivity contribution >= 4 is 17.7 Å². The zero-order valence-corrected chi connectivity index (χ0v) is 13.1. The number of hydrogen-bond donors (Lipinski definition) is 1. The molecule has 0 spiro atoms. The Hall–Kier alpha value is -1.70. The highest BCUT2D eigenvalue weighted by Crippen LogP contribution is 2.26. The number of piperazine rings is 1. The van der Waals surface area contributed by atoms with Crippen LogP contribution in [0.25, 0.3) is 0 Å².